The molecule has 6 nitrogen and oxygen atoms in total. The summed E-state index contributed by atoms with van der Waals surface area (Å²) in [7, 11) is 1.56. The van der Waals surface area contributed by atoms with Crippen LogP contribution in [-0.4, -0.2) is 28.2 Å². The minimum atomic E-state index is -1.08. The molecule has 6 heteroatoms. The van der Waals surface area contributed by atoms with Crippen molar-refractivity contribution >= 4 is 5.97 Å². The molecule has 0 saturated carbocycles. The Morgan fingerprint density at radius 3 is 2.81 bits per heavy atom. The molecule has 0 saturated heterocycles. The Morgan fingerprint density at radius 2 is 2.14 bits per heavy atom. The lowest BCUT2D eigenvalue weighted by atomic mass is 10.1. The number of aromatic carboxylic acids is 1. The summed E-state index contributed by atoms with van der Waals surface area (Å²) < 4.78 is 10.9. The van der Waals surface area contributed by atoms with Crippen LogP contribution in [0.15, 0.2) is 30.7 Å². The molecule has 1 aromatic heterocycles. The third kappa shape index (κ3) is 3.47. The molecule has 0 aliphatic heterocycles. The molecule has 0 atom stereocenters. The summed E-state index contributed by atoms with van der Waals surface area (Å²) in [6.45, 7) is 2.08. The van der Waals surface area contributed by atoms with Crippen LogP contribution >= 0.6 is 0 Å². The molecule has 1 heterocycles. The van der Waals surface area contributed by atoms with Gasteiger partial charge in [0, 0.05) is 6.20 Å². The van der Waals surface area contributed by atoms with E-state index in [0.717, 1.165) is 12.0 Å². The van der Waals surface area contributed by atoms with E-state index in [1.165, 1.54) is 12.5 Å². The smallest absolute Gasteiger partial charge is 0.339 e. The lowest BCUT2D eigenvalue weighted by Gasteiger charge is -2.12. The first-order valence-corrected chi connectivity index (χ1v) is 6.47. The molecule has 0 unspecified atom stereocenters. The Balaban J connectivity index is 2.19. The number of rotatable bonds is 6. The van der Waals surface area contributed by atoms with Crippen LogP contribution in [0.3, 0.4) is 0 Å². The first kappa shape index (κ1) is 14.8. The molecule has 1 N–H and O–H groups in total. The number of aromatic nitrogens is 2. The van der Waals surface area contributed by atoms with Crippen molar-refractivity contribution < 1.29 is 19.4 Å². The van der Waals surface area contributed by atoms with Gasteiger partial charge >= 0.3 is 5.97 Å². The topological polar surface area (TPSA) is 81.5 Å². The average molecular weight is 288 g/mol. The molecule has 0 amide bonds. The Hall–Kier alpha value is -2.63. The van der Waals surface area contributed by atoms with Gasteiger partial charge in [-0.05, 0) is 24.1 Å². The first-order chi connectivity index (χ1) is 10.2. The molecule has 0 radical (unpaired) electrons. The van der Waals surface area contributed by atoms with Gasteiger partial charge in [0.05, 0.1) is 12.8 Å². The third-order valence-electron chi connectivity index (χ3n) is 3.03. The number of methoxy groups -OCH3 is 1. The highest BCUT2D eigenvalue weighted by atomic mass is 16.5. The summed E-state index contributed by atoms with van der Waals surface area (Å²) in [4.78, 5) is 18.7. The van der Waals surface area contributed by atoms with Gasteiger partial charge < -0.3 is 14.6 Å². The zero-order valence-corrected chi connectivity index (χ0v) is 11.9. The van der Waals surface area contributed by atoms with E-state index in [1.807, 2.05) is 12.1 Å². The molecular weight excluding hydrogens is 272 g/mol. The monoisotopic (exact) mass is 288 g/mol. The Kier molecular flexibility index (Phi) is 4.71. The van der Waals surface area contributed by atoms with Crippen molar-refractivity contribution in [3.63, 3.8) is 0 Å². The van der Waals surface area contributed by atoms with Gasteiger partial charge in [-0.25, -0.2) is 14.8 Å². The van der Waals surface area contributed by atoms with Gasteiger partial charge in [-0.15, -0.1) is 0 Å². The SMILES string of the molecule is CCc1ccc(OCc2ncncc2C(=O)O)c(OC)c1. The highest BCUT2D eigenvalue weighted by Crippen LogP contribution is 2.29. The molecular formula is C15H16N2O4. The quantitative estimate of drug-likeness (QED) is 0.878. The number of aryl methyl sites for hydroxylation is 1. The molecule has 21 heavy (non-hydrogen) atoms. The predicted octanol–water partition coefficient (Wildman–Crippen LogP) is 2.32. The number of hydrogen-bond donors (Lipinski definition) is 1. The van der Waals surface area contributed by atoms with Crippen LogP contribution in [0.1, 0.15) is 28.5 Å². The second kappa shape index (κ2) is 6.69. The second-order valence-corrected chi connectivity index (χ2v) is 4.32. The van der Waals surface area contributed by atoms with Crippen molar-refractivity contribution in [3.05, 3.63) is 47.5 Å². The molecule has 0 aliphatic rings. The van der Waals surface area contributed by atoms with E-state index in [0.29, 0.717) is 17.2 Å². The lowest BCUT2D eigenvalue weighted by molar-refractivity contribution is 0.0692. The molecule has 0 fully saturated rings. The van der Waals surface area contributed by atoms with Gasteiger partial charge in [-0.1, -0.05) is 13.0 Å². The van der Waals surface area contributed by atoms with Crippen LogP contribution in [0.25, 0.3) is 0 Å². The predicted molar refractivity (Wildman–Crippen MR) is 75.7 cm³/mol. The first-order valence-electron chi connectivity index (χ1n) is 6.47. The van der Waals surface area contributed by atoms with E-state index in [9.17, 15) is 4.79 Å². The number of carboxylic acid groups (broad SMARTS) is 1. The number of carboxylic acids is 1. The van der Waals surface area contributed by atoms with E-state index >= 15 is 0 Å². The van der Waals surface area contributed by atoms with Crippen LogP contribution in [0.2, 0.25) is 0 Å². The average Bonchev–Trinajstić information content (AvgIpc) is 2.52. The number of nitrogens with zero attached hydrogens (tertiary/aromatic N) is 2. The fourth-order valence-corrected chi connectivity index (χ4v) is 1.85. The Labute approximate surface area is 122 Å². The van der Waals surface area contributed by atoms with E-state index in [1.54, 1.807) is 13.2 Å². The van der Waals surface area contributed by atoms with Crippen molar-refractivity contribution in [2.75, 3.05) is 7.11 Å². The summed E-state index contributed by atoms with van der Waals surface area (Å²) in [5.41, 5.74) is 1.48. The minimum Gasteiger partial charge on any atom is -0.493 e. The molecule has 110 valence electrons. The fraction of sp³-hybridized carbons (Fsp3) is 0.267. The molecule has 1 aromatic carbocycles. The number of carbonyl (C=O) groups is 1. The molecule has 0 aliphatic carbocycles. The van der Waals surface area contributed by atoms with Gasteiger partial charge in [0.1, 0.15) is 18.5 Å². The number of hydrogen-bond acceptors (Lipinski definition) is 5. The lowest BCUT2D eigenvalue weighted by Crippen LogP contribution is -2.09. The van der Waals surface area contributed by atoms with Gasteiger partial charge in [0.15, 0.2) is 11.5 Å². The summed E-state index contributed by atoms with van der Waals surface area (Å²) in [5.74, 6) is 0.0763. The third-order valence-corrected chi connectivity index (χ3v) is 3.03. The van der Waals surface area contributed by atoms with Gasteiger partial charge in [-0.2, -0.15) is 0 Å². The maximum atomic E-state index is 11.1. The summed E-state index contributed by atoms with van der Waals surface area (Å²) in [5, 5.41) is 9.07. The van der Waals surface area contributed by atoms with Crippen molar-refractivity contribution in [1.82, 2.24) is 9.97 Å². The summed E-state index contributed by atoms with van der Waals surface area (Å²) in [6, 6.07) is 5.64. The van der Waals surface area contributed by atoms with Crippen LogP contribution in [0.4, 0.5) is 0 Å². The van der Waals surface area contributed by atoms with Crippen molar-refractivity contribution in [2.45, 2.75) is 20.0 Å². The fourth-order valence-electron chi connectivity index (χ4n) is 1.85. The molecule has 0 spiro atoms. The van der Waals surface area contributed by atoms with Crippen LogP contribution in [0.5, 0.6) is 11.5 Å². The number of ether oxygens (including phenoxy) is 2. The van der Waals surface area contributed by atoms with Gasteiger partial charge in [0.2, 0.25) is 0 Å². The van der Waals surface area contributed by atoms with Gasteiger partial charge in [-0.3, -0.25) is 0 Å². The highest BCUT2D eigenvalue weighted by Gasteiger charge is 2.13. The van der Waals surface area contributed by atoms with Crippen LogP contribution in [-0.2, 0) is 13.0 Å². The zero-order chi connectivity index (χ0) is 15.2. The largest absolute Gasteiger partial charge is 0.493 e. The van der Waals surface area contributed by atoms with E-state index in [4.69, 9.17) is 14.6 Å². The van der Waals surface area contributed by atoms with Crippen molar-refractivity contribution in [3.8, 4) is 11.5 Å². The van der Waals surface area contributed by atoms with Crippen LogP contribution < -0.4 is 9.47 Å². The maximum Gasteiger partial charge on any atom is 0.339 e. The van der Waals surface area contributed by atoms with Crippen molar-refractivity contribution in [2.24, 2.45) is 0 Å². The highest BCUT2D eigenvalue weighted by molar-refractivity contribution is 5.88. The molecule has 2 aromatic rings. The van der Waals surface area contributed by atoms with Crippen molar-refractivity contribution in [1.29, 1.82) is 0 Å². The molecule has 2 rings (SSSR count). The van der Waals surface area contributed by atoms with E-state index in [-0.39, 0.29) is 12.2 Å². The van der Waals surface area contributed by atoms with E-state index < -0.39 is 5.97 Å². The summed E-state index contributed by atoms with van der Waals surface area (Å²) in [6.07, 6.45) is 3.44. The summed E-state index contributed by atoms with van der Waals surface area (Å²) >= 11 is 0. The number of benzene rings is 1. The molecule has 0 bridgehead atoms. The Bertz CT molecular complexity index is 643. The zero-order valence-electron chi connectivity index (χ0n) is 11.9. The van der Waals surface area contributed by atoms with E-state index in [2.05, 4.69) is 16.9 Å². The van der Waals surface area contributed by atoms with Crippen LogP contribution in [0, 0.1) is 0 Å². The minimum absolute atomic E-state index is 0.0293. The maximum absolute atomic E-state index is 11.1. The Morgan fingerprint density at radius 1 is 1.33 bits per heavy atom. The standard InChI is InChI=1S/C15H16N2O4/c1-3-10-4-5-13(14(6-10)20-2)21-8-12-11(15(18)19)7-16-9-17-12/h4-7,9H,3,8H2,1-2H3,(H,18,19). The van der Waals surface area contributed by atoms with Gasteiger partial charge in [0.25, 0.3) is 0 Å². The second-order valence-electron chi connectivity index (χ2n) is 4.32. The normalized spacial score (nSPS) is 10.2.